The molecule has 0 atom stereocenters. The van der Waals surface area contributed by atoms with E-state index in [0.717, 1.165) is 31.0 Å². The van der Waals surface area contributed by atoms with Gasteiger partial charge in [-0.15, -0.1) is 11.8 Å². The molecule has 1 N–H and O–H groups in total. The standard InChI is InChI=1S/C29H27F11O3S/c1-2-3-4-5-17-6-9-20(22(14-17)27(34,35)36)21-15-18-7-8-19(16-23(18)43-24(21)42)44-13-11-26(32,33)29(39,40)28(37,38)25(30,31)10-12-41/h6-9,14-16,41H,2-5,10-13H2,1H3. The molecule has 3 aromatic rings. The van der Waals surface area contributed by atoms with Crippen LogP contribution in [0.1, 0.15) is 50.2 Å². The Labute approximate surface area is 248 Å². The first-order valence-electron chi connectivity index (χ1n) is 13.3. The maximum atomic E-state index is 14.1. The zero-order valence-corrected chi connectivity index (χ0v) is 23.8. The van der Waals surface area contributed by atoms with Crippen LogP contribution < -0.4 is 5.63 Å². The second-order valence-electron chi connectivity index (χ2n) is 10.1. The number of hydrogen-bond donors (Lipinski definition) is 1. The van der Waals surface area contributed by atoms with Gasteiger partial charge in [0.25, 0.3) is 0 Å². The summed E-state index contributed by atoms with van der Waals surface area (Å²) in [6.45, 7) is 0.304. The molecule has 15 heteroatoms. The van der Waals surface area contributed by atoms with Crippen molar-refractivity contribution >= 4 is 22.7 Å². The normalized spacial score (nSPS) is 13.6. The van der Waals surface area contributed by atoms with Crippen molar-refractivity contribution in [2.75, 3.05) is 12.4 Å². The third-order valence-electron chi connectivity index (χ3n) is 6.88. The Kier molecular flexibility index (Phi) is 10.8. The number of rotatable bonds is 14. The Morgan fingerprint density at radius 2 is 1.41 bits per heavy atom. The van der Waals surface area contributed by atoms with Crippen molar-refractivity contribution in [3.8, 4) is 11.1 Å². The number of benzene rings is 2. The molecule has 44 heavy (non-hydrogen) atoms. The van der Waals surface area contributed by atoms with Crippen LogP contribution in [0, 0.1) is 0 Å². The molecule has 0 spiro atoms. The SMILES string of the molecule is CCCCCc1ccc(-c2cc3ccc(SCCC(F)(F)C(F)(F)C(F)(F)C(F)(F)CCO)cc3oc2=O)c(C(F)(F)F)c1. The maximum absolute atomic E-state index is 14.1. The summed E-state index contributed by atoms with van der Waals surface area (Å²) in [7, 11) is 0. The fourth-order valence-corrected chi connectivity index (χ4v) is 5.32. The first kappa shape index (κ1) is 35.7. The number of fused-ring (bicyclic) bond motifs is 1. The van der Waals surface area contributed by atoms with Crippen LogP contribution >= 0.6 is 11.8 Å². The van der Waals surface area contributed by atoms with E-state index in [4.69, 9.17) is 9.52 Å². The molecule has 0 fully saturated rings. The molecule has 3 rings (SSSR count). The van der Waals surface area contributed by atoms with E-state index in [1.54, 1.807) is 0 Å². The molecule has 0 unspecified atom stereocenters. The minimum atomic E-state index is -6.47. The molecule has 0 aliphatic carbocycles. The number of thioether (sulfide) groups is 1. The molecular formula is C29H27F11O3S. The van der Waals surface area contributed by atoms with Crippen molar-refractivity contribution in [3.05, 3.63) is 64.0 Å². The van der Waals surface area contributed by atoms with Crippen LogP contribution in [-0.2, 0) is 12.6 Å². The number of aliphatic hydroxyl groups excluding tert-OH is 1. The van der Waals surface area contributed by atoms with Crippen LogP contribution in [-0.4, -0.2) is 41.2 Å². The third-order valence-corrected chi connectivity index (χ3v) is 7.88. The van der Waals surface area contributed by atoms with Gasteiger partial charge in [-0.25, -0.2) is 4.79 Å². The minimum absolute atomic E-state index is 0.0253. The van der Waals surface area contributed by atoms with Gasteiger partial charge in [0.15, 0.2) is 0 Å². The maximum Gasteiger partial charge on any atom is 0.417 e. The van der Waals surface area contributed by atoms with Crippen LogP contribution in [0.25, 0.3) is 22.1 Å². The summed E-state index contributed by atoms with van der Waals surface area (Å²) in [5, 5.41) is 8.56. The van der Waals surface area contributed by atoms with Gasteiger partial charge in [-0.3, -0.25) is 0 Å². The first-order valence-corrected chi connectivity index (χ1v) is 14.3. The molecule has 3 nitrogen and oxygen atoms in total. The van der Waals surface area contributed by atoms with Gasteiger partial charge >= 0.3 is 35.5 Å². The van der Waals surface area contributed by atoms with Crippen molar-refractivity contribution in [1.82, 2.24) is 0 Å². The summed E-state index contributed by atoms with van der Waals surface area (Å²) in [5.41, 5.74) is -2.77. The molecule has 0 saturated heterocycles. The molecule has 0 aliphatic rings. The first-order chi connectivity index (χ1) is 20.3. The third kappa shape index (κ3) is 7.35. The number of unbranched alkanes of at least 4 members (excludes halogenated alkanes) is 2. The van der Waals surface area contributed by atoms with Gasteiger partial charge in [-0.2, -0.15) is 48.3 Å². The lowest BCUT2D eigenvalue weighted by Gasteiger charge is -2.36. The molecule has 0 bridgehead atoms. The van der Waals surface area contributed by atoms with E-state index in [0.29, 0.717) is 30.2 Å². The van der Waals surface area contributed by atoms with Crippen LogP contribution in [0.5, 0.6) is 0 Å². The summed E-state index contributed by atoms with van der Waals surface area (Å²) in [5.74, 6) is -25.1. The Hall–Kier alpha value is -2.81. The van der Waals surface area contributed by atoms with E-state index < -0.39 is 77.4 Å². The van der Waals surface area contributed by atoms with Crippen molar-refractivity contribution in [2.45, 2.75) is 80.2 Å². The molecule has 1 aromatic heterocycles. The number of aryl methyl sites for hydroxylation is 1. The highest BCUT2D eigenvalue weighted by Crippen LogP contribution is 2.54. The lowest BCUT2D eigenvalue weighted by atomic mass is 9.95. The average Bonchev–Trinajstić information content (AvgIpc) is 2.92. The van der Waals surface area contributed by atoms with Crippen LogP contribution in [0.4, 0.5) is 48.3 Å². The molecule has 0 radical (unpaired) electrons. The van der Waals surface area contributed by atoms with Crippen molar-refractivity contribution in [1.29, 1.82) is 0 Å². The summed E-state index contributed by atoms with van der Waals surface area (Å²) < 4.78 is 157. The van der Waals surface area contributed by atoms with Crippen LogP contribution in [0.15, 0.2) is 56.6 Å². The monoisotopic (exact) mass is 664 g/mol. The molecule has 0 amide bonds. The van der Waals surface area contributed by atoms with Gasteiger partial charge in [0.2, 0.25) is 0 Å². The minimum Gasteiger partial charge on any atom is -0.422 e. The number of hydrogen-bond acceptors (Lipinski definition) is 4. The highest BCUT2D eigenvalue weighted by Gasteiger charge is 2.79. The lowest BCUT2D eigenvalue weighted by molar-refractivity contribution is -0.367. The summed E-state index contributed by atoms with van der Waals surface area (Å²) in [4.78, 5) is 12.8. The second kappa shape index (κ2) is 13.3. The number of aliphatic hydroxyl groups is 1. The topological polar surface area (TPSA) is 50.4 Å². The van der Waals surface area contributed by atoms with E-state index in [9.17, 15) is 53.1 Å². The van der Waals surface area contributed by atoms with Gasteiger partial charge in [0.05, 0.1) is 11.1 Å². The zero-order valence-electron chi connectivity index (χ0n) is 23.0. The smallest absolute Gasteiger partial charge is 0.417 e. The Morgan fingerprint density at radius 3 is 2.00 bits per heavy atom. The van der Waals surface area contributed by atoms with Crippen LogP contribution in [0.2, 0.25) is 0 Å². The van der Waals surface area contributed by atoms with E-state index in [2.05, 4.69) is 0 Å². The van der Waals surface area contributed by atoms with E-state index in [1.807, 2.05) is 6.92 Å². The van der Waals surface area contributed by atoms with Crippen LogP contribution in [0.3, 0.4) is 0 Å². The second-order valence-corrected chi connectivity index (χ2v) is 11.3. The predicted octanol–water partition coefficient (Wildman–Crippen LogP) is 9.62. The molecule has 244 valence electrons. The van der Waals surface area contributed by atoms with E-state index in [-0.39, 0.29) is 15.9 Å². The fourth-order valence-electron chi connectivity index (χ4n) is 4.38. The highest BCUT2D eigenvalue weighted by atomic mass is 32.2. The molecule has 2 aromatic carbocycles. The van der Waals surface area contributed by atoms with Gasteiger partial charge in [-0.1, -0.05) is 38.0 Å². The Morgan fingerprint density at radius 1 is 0.773 bits per heavy atom. The summed E-state index contributed by atoms with van der Waals surface area (Å²) >= 11 is 0.432. The zero-order chi connectivity index (χ0) is 33.1. The number of halogens is 11. The molecule has 1 heterocycles. The summed E-state index contributed by atoms with van der Waals surface area (Å²) in [6, 6.07) is 8.36. The molecular weight excluding hydrogens is 637 g/mol. The summed E-state index contributed by atoms with van der Waals surface area (Å²) in [6.07, 6.45) is -6.12. The average molecular weight is 665 g/mol. The largest absolute Gasteiger partial charge is 0.422 e. The fraction of sp³-hybridized carbons (Fsp3) is 0.483. The Balaban J connectivity index is 1.83. The number of alkyl halides is 11. The lowest BCUT2D eigenvalue weighted by Crippen LogP contribution is -2.62. The van der Waals surface area contributed by atoms with Crippen molar-refractivity contribution in [2.24, 2.45) is 0 Å². The van der Waals surface area contributed by atoms with Gasteiger partial charge in [-0.05, 0) is 42.7 Å². The van der Waals surface area contributed by atoms with Gasteiger partial charge in [0, 0.05) is 41.0 Å². The van der Waals surface area contributed by atoms with Crippen molar-refractivity contribution in [3.63, 3.8) is 0 Å². The molecule has 0 aliphatic heterocycles. The quantitative estimate of drug-likeness (QED) is 0.0808. The van der Waals surface area contributed by atoms with E-state index >= 15 is 0 Å². The predicted molar refractivity (Wildman–Crippen MR) is 143 cm³/mol. The Bertz CT molecular complexity index is 1500. The van der Waals surface area contributed by atoms with Gasteiger partial charge < -0.3 is 9.52 Å². The van der Waals surface area contributed by atoms with E-state index in [1.165, 1.54) is 24.3 Å². The highest BCUT2D eigenvalue weighted by molar-refractivity contribution is 7.99. The van der Waals surface area contributed by atoms with Gasteiger partial charge in [0.1, 0.15) is 5.58 Å². The molecule has 0 saturated carbocycles. The van der Waals surface area contributed by atoms with Crippen molar-refractivity contribution < 1.29 is 57.8 Å².